The number of allylic oxidation sites excluding steroid dienone is 2. The summed E-state index contributed by atoms with van der Waals surface area (Å²) in [6, 6.07) is 0. The summed E-state index contributed by atoms with van der Waals surface area (Å²) in [5.74, 6) is 6.27. The van der Waals surface area contributed by atoms with Crippen molar-refractivity contribution in [2.24, 2.45) is 17.8 Å². The molecule has 0 radical (unpaired) electrons. The first-order chi connectivity index (χ1) is 12.5. The van der Waals surface area contributed by atoms with Crippen LogP contribution in [-0.2, 0) is 4.79 Å². The molecule has 0 aliphatic heterocycles. The highest BCUT2D eigenvalue weighted by atomic mass is 16.4. The van der Waals surface area contributed by atoms with Gasteiger partial charge < -0.3 is 15.3 Å². The molecule has 0 bridgehead atoms. The molecule has 0 heterocycles. The Morgan fingerprint density at radius 2 is 2.08 bits per heavy atom. The maximum absolute atomic E-state index is 10.6. The van der Waals surface area contributed by atoms with Crippen molar-refractivity contribution in [1.29, 1.82) is 0 Å². The maximum Gasteiger partial charge on any atom is 0.303 e. The molecule has 4 nitrogen and oxygen atoms in total. The van der Waals surface area contributed by atoms with E-state index in [1.54, 1.807) is 0 Å². The Morgan fingerprint density at radius 1 is 1.27 bits per heavy atom. The minimum Gasteiger partial charge on any atom is -0.481 e. The van der Waals surface area contributed by atoms with Crippen molar-refractivity contribution in [1.82, 2.24) is 0 Å². The zero-order valence-electron chi connectivity index (χ0n) is 16.0. The van der Waals surface area contributed by atoms with E-state index in [1.165, 1.54) is 18.4 Å². The van der Waals surface area contributed by atoms with Gasteiger partial charge in [0, 0.05) is 12.3 Å². The van der Waals surface area contributed by atoms with E-state index < -0.39 is 12.1 Å². The number of carboxylic acids is 1. The second-order valence-corrected chi connectivity index (χ2v) is 7.96. The first-order valence-electron chi connectivity index (χ1n) is 10.3. The van der Waals surface area contributed by atoms with Crippen LogP contribution in [0.25, 0.3) is 0 Å². The quantitative estimate of drug-likeness (QED) is 0.330. The van der Waals surface area contributed by atoms with E-state index in [9.17, 15) is 15.0 Å². The van der Waals surface area contributed by atoms with E-state index >= 15 is 0 Å². The molecule has 3 N–H and O–H groups in total. The van der Waals surface area contributed by atoms with Crippen LogP contribution in [0.1, 0.15) is 77.6 Å². The van der Waals surface area contributed by atoms with E-state index in [4.69, 9.17) is 5.11 Å². The molecule has 0 amide bonds. The fourth-order valence-corrected chi connectivity index (χ4v) is 4.42. The number of unbranched alkanes of at least 4 members (excludes halogenated alkanes) is 4. The topological polar surface area (TPSA) is 77.8 Å². The summed E-state index contributed by atoms with van der Waals surface area (Å²) in [6.07, 6.45) is 11.0. The Morgan fingerprint density at radius 3 is 2.81 bits per heavy atom. The Balaban J connectivity index is 1.82. The molecule has 5 atom stereocenters. The summed E-state index contributed by atoms with van der Waals surface area (Å²) >= 11 is 0. The SMILES string of the molecule is CCCCCC[C@H](O)C#C[C@@H]1[C@H]2C/C(=C\CCCC(=O)O)C[C@H]2C[C@H]1O. The van der Waals surface area contributed by atoms with Gasteiger partial charge in [0.1, 0.15) is 6.10 Å². The molecule has 0 spiro atoms. The number of carbonyl (C=O) groups is 1. The van der Waals surface area contributed by atoms with Crippen molar-refractivity contribution in [2.75, 3.05) is 0 Å². The minimum absolute atomic E-state index is 0.0322. The van der Waals surface area contributed by atoms with Crippen molar-refractivity contribution in [2.45, 2.75) is 89.8 Å². The molecule has 146 valence electrons. The maximum atomic E-state index is 10.6. The summed E-state index contributed by atoms with van der Waals surface area (Å²) in [4.78, 5) is 10.6. The van der Waals surface area contributed by atoms with Gasteiger partial charge in [-0.15, -0.1) is 0 Å². The largest absolute Gasteiger partial charge is 0.481 e. The molecular formula is C22H34O4. The number of rotatable bonds is 9. The lowest BCUT2D eigenvalue weighted by Crippen LogP contribution is -2.18. The van der Waals surface area contributed by atoms with Crippen molar-refractivity contribution < 1.29 is 20.1 Å². The summed E-state index contributed by atoms with van der Waals surface area (Å²) in [5, 5.41) is 29.1. The standard InChI is InChI=1S/C22H34O4/c1-2-3-4-5-9-18(23)11-12-19-20-14-16(8-6-7-10-22(25)26)13-17(20)15-21(19)24/h8,17-21,23-24H,2-7,9-10,13-15H2,1H3,(H,25,26)/b16-8-/t17-,18-,19+,20-,21+/m0/s1. The molecular weight excluding hydrogens is 328 g/mol. The third-order valence-corrected chi connectivity index (χ3v) is 5.82. The van der Waals surface area contributed by atoms with Gasteiger partial charge in [0.05, 0.1) is 6.10 Å². The zero-order chi connectivity index (χ0) is 18.9. The fraction of sp³-hybridized carbons (Fsp3) is 0.773. The monoisotopic (exact) mass is 362 g/mol. The van der Waals surface area contributed by atoms with Crippen LogP contribution < -0.4 is 0 Å². The summed E-state index contributed by atoms with van der Waals surface area (Å²) in [6.45, 7) is 2.17. The third kappa shape index (κ3) is 6.45. The average Bonchev–Trinajstić information content (AvgIpc) is 3.10. The molecule has 0 aromatic carbocycles. The number of hydrogen-bond acceptors (Lipinski definition) is 3. The zero-order valence-corrected chi connectivity index (χ0v) is 16.0. The number of aliphatic hydroxyl groups excluding tert-OH is 2. The van der Waals surface area contributed by atoms with E-state index in [0.29, 0.717) is 18.3 Å². The number of aliphatic carboxylic acids is 1. The molecule has 2 aliphatic carbocycles. The van der Waals surface area contributed by atoms with Crippen LogP contribution in [0, 0.1) is 29.6 Å². The van der Waals surface area contributed by atoms with Crippen LogP contribution in [0.4, 0.5) is 0 Å². The van der Waals surface area contributed by atoms with Crippen molar-refractivity contribution in [3.8, 4) is 11.8 Å². The molecule has 26 heavy (non-hydrogen) atoms. The first kappa shape index (κ1) is 21.0. The predicted octanol–water partition coefficient (Wildman–Crippen LogP) is 3.91. The van der Waals surface area contributed by atoms with Gasteiger partial charge in [-0.2, -0.15) is 0 Å². The van der Waals surface area contributed by atoms with Crippen molar-refractivity contribution in [3.63, 3.8) is 0 Å². The number of carboxylic acid groups (broad SMARTS) is 1. The van der Waals surface area contributed by atoms with E-state index in [-0.39, 0.29) is 18.4 Å². The molecule has 2 fully saturated rings. The molecule has 0 aromatic rings. The van der Waals surface area contributed by atoms with Gasteiger partial charge in [-0.3, -0.25) is 4.79 Å². The molecule has 2 saturated carbocycles. The smallest absolute Gasteiger partial charge is 0.303 e. The Hall–Kier alpha value is -1.31. The molecule has 0 unspecified atom stereocenters. The highest BCUT2D eigenvalue weighted by Crippen LogP contribution is 2.49. The lowest BCUT2D eigenvalue weighted by Gasteiger charge is -2.15. The number of hydrogen-bond donors (Lipinski definition) is 3. The molecule has 0 saturated heterocycles. The highest BCUT2D eigenvalue weighted by molar-refractivity contribution is 5.66. The van der Waals surface area contributed by atoms with Crippen molar-refractivity contribution >= 4 is 5.97 Å². The second-order valence-electron chi connectivity index (χ2n) is 7.96. The van der Waals surface area contributed by atoms with Crippen molar-refractivity contribution in [3.05, 3.63) is 11.6 Å². The van der Waals surface area contributed by atoms with Crippen LogP contribution in [0.2, 0.25) is 0 Å². The summed E-state index contributed by atoms with van der Waals surface area (Å²) in [5.41, 5.74) is 1.39. The predicted molar refractivity (Wildman–Crippen MR) is 102 cm³/mol. The van der Waals surface area contributed by atoms with E-state index in [1.807, 2.05) is 0 Å². The van der Waals surface area contributed by atoms with Gasteiger partial charge >= 0.3 is 5.97 Å². The minimum atomic E-state index is -0.738. The van der Waals surface area contributed by atoms with Gasteiger partial charge in [-0.1, -0.05) is 49.7 Å². The van der Waals surface area contributed by atoms with E-state index in [0.717, 1.165) is 44.9 Å². The van der Waals surface area contributed by atoms with Crippen LogP contribution >= 0.6 is 0 Å². The van der Waals surface area contributed by atoms with Gasteiger partial charge in [-0.05, 0) is 56.8 Å². The normalized spacial score (nSPS) is 30.0. The lowest BCUT2D eigenvalue weighted by molar-refractivity contribution is -0.137. The first-order valence-corrected chi connectivity index (χ1v) is 10.3. The fourth-order valence-electron chi connectivity index (χ4n) is 4.42. The van der Waals surface area contributed by atoms with E-state index in [2.05, 4.69) is 24.8 Å². The highest BCUT2D eigenvalue weighted by Gasteiger charge is 2.45. The lowest BCUT2D eigenvalue weighted by atomic mass is 9.91. The Bertz CT molecular complexity index is 542. The molecule has 2 aliphatic rings. The van der Waals surface area contributed by atoms with Crippen LogP contribution in [0.15, 0.2) is 11.6 Å². The second kappa shape index (κ2) is 10.7. The van der Waals surface area contributed by atoms with Crippen LogP contribution in [0.3, 0.4) is 0 Å². The third-order valence-electron chi connectivity index (χ3n) is 5.82. The summed E-state index contributed by atoms with van der Waals surface area (Å²) < 4.78 is 0. The molecule has 0 aromatic heterocycles. The number of aliphatic hydroxyl groups is 2. The van der Waals surface area contributed by atoms with Gasteiger partial charge in [0.25, 0.3) is 0 Å². The average molecular weight is 363 g/mol. The van der Waals surface area contributed by atoms with Crippen LogP contribution in [0.5, 0.6) is 0 Å². The number of fused-ring (bicyclic) bond motifs is 1. The molecule has 4 heteroatoms. The summed E-state index contributed by atoms with van der Waals surface area (Å²) in [7, 11) is 0. The van der Waals surface area contributed by atoms with Gasteiger partial charge in [0.15, 0.2) is 0 Å². The Kier molecular flexibility index (Phi) is 8.68. The molecule has 2 rings (SSSR count). The van der Waals surface area contributed by atoms with Crippen LogP contribution in [-0.4, -0.2) is 33.5 Å². The van der Waals surface area contributed by atoms with Gasteiger partial charge in [-0.25, -0.2) is 0 Å². The van der Waals surface area contributed by atoms with Gasteiger partial charge in [0.2, 0.25) is 0 Å². The Labute approximate surface area is 157 Å².